The smallest absolute Gasteiger partial charge is 0 e. The summed E-state index contributed by atoms with van der Waals surface area (Å²) < 4.78 is 0. The van der Waals surface area contributed by atoms with Crippen LogP contribution in [0.2, 0.25) is 0 Å². The Labute approximate surface area is 219 Å². The van der Waals surface area contributed by atoms with Gasteiger partial charge in [-0.25, -0.2) is 0 Å². The number of rotatable bonds is 10. The van der Waals surface area contributed by atoms with Crippen LogP contribution in [0.25, 0.3) is 0 Å². The molecule has 0 spiro atoms. The Morgan fingerprint density at radius 1 is 0.941 bits per heavy atom. The first-order valence-corrected chi connectivity index (χ1v) is 14.4. The van der Waals surface area contributed by atoms with Gasteiger partial charge in [0.2, 0.25) is 0 Å². The lowest BCUT2D eigenvalue weighted by molar-refractivity contribution is 0.610. The molecule has 1 aliphatic carbocycles. The zero-order valence-electron chi connectivity index (χ0n) is 25.3. The van der Waals surface area contributed by atoms with E-state index in [2.05, 4.69) is 97.9 Å². The van der Waals surface area contributed by atoms with Crippen molar-refractivity contribution in [2.75, 3.05) is 0 Å². The molecule has 0 saturated heterocycles. The second kappa shape index (κ2) is 20.8. The molecule has 200 valence electrons. The number of unbranched alkanes of at least 4 members (excludes halogenated alkanes) is 3. The fraction of sp³-hybridized carbons (Fsp3) is 0.647. The number of benzene rings is 1. The first-order valence-electron chi connectivity index (χ1n) is 14.4. The fourth-order valence-electron chi connectivity index (χ4n) is 3.88. The van der Waals surface area contributed by atoms with Crippen LogP contribution in [-0.4, -0.2) is 0 Å². The number of allylic oxidation sites excluding steroid dienone is 6. The SMILES string of the molecule is CC.CC.CCCCCC.C\C=C(/C=C(C)/C=C\C1CC1(C)C)Cc1ccc(CC)c(CC)c1.[HH].[HH]. The average Bonchev–Trinajstić information content (AvgIpc) is 3.49. The van der Waals surface area contributed by atoms with Gasteiger partial charge in [0.15, 0.2) is 0 Å². The van der Waals surface area contributed by atoms with E-state index in [1.54, 1.807) is 0 Å². The summed E-state index contributed by atoms with van der Waals surface area (Å²) in [6, 6.07) is 7.01. The van der Waals surface area contributed by atoms with Crippen molar-refractivity contribution in [1.82, 2.24) is 0 Å². The van der Waals surface area contributed by atoms with Crippen LogP contribution in [0, 0.1) is 11.3 Å². The predicted molar refractivity (Wildman–Crippen MR) is 164 cm³/mol. The lowest BCUT2D eigenvalue weighted by Crippen LogP contribution is -1.95. The number of hydrogen-bond donors (Lipinski definition) is 0. The van der Waals surface area contributed by atoms with Crippen molar-refractivity contribution in [1.29, 1.82) is 0 Å². The first-order chi connectivity index (χ1) is 16.3. The van der Waals surface area contributed by atoms with Crippen LogP contribution in [0.15, 0.2) is 53.6 Å². The fourth-order valence-corrected chi connectivity index (χ4v) is 3.88. The molecule has 1 aliphatic rings. The van der Waals surface area contributed by atoms with Crippen LogP contribution in [-0.2, 0) is 19.3 Å². The molecule has 0 aliphatic heterocycles. The summed E-state index contributed by atoms with van der Waals surface area (Å²) in [5.41, 5.74) is 7.70. The largest absolute Gasteiger partial charge is 0.0841 e. The molecule has 0 heteroatoms. The van der Waals surface area contributed by atoms with E-state index >= 15 is 0 Å². The molecule has 1 fully saturated rings. The Hall–Kier alpha value is -1.56. The Balaban J connectivity index is -0.000000369. The van der Waals surface area contributed by atoms with Gasteiger partial charge in [-0.3, -0.25) is 0 Å². The summed E-state index contributed by atoms with van der Waals surface area (Å²) >= 11 is 0. The highest BCUT2D eigenvalue weighted by Crippen LogP contribution is 2.52. The lowest BCUT2D eigenvalue weighted by atomic mass is 9.96. The molecular formula is C34H64. The average molecular weight is 473 g/mol. The number of hydrogen-bond acceptors (Lipinski definition) is 0. The Morgan fingerprint density at radius 3 is 1.88 bits per heavy atom. The molecule has 1 unspecified atom stereocenters. The van der Waals surface area contributed by atoms with Crippen molar-refractivity contribution < 1.29 is 2.85 Å². The van der Waals surface area contributed by atoms with Crippen LogP contribution in [0.4, 0.5) is 0 Å². The standard InChI is InChI=1S/C24H34.C6H14.2C2H6.2H2/c1-7-19(14-18(4)10-13-23-17-24(23,5)6)15-20-11-12-21(8-2)22(9-3)16-20;1-3-5-6-4-2;2*1-2;;/h7,10-14,16,23H,8-9,15,17H2,1-6H3;3-6H2,1-2H3;2*1-2H3;2*1H/b13-10-,18-14+,19-7+;;;;;. The molecule has 1 atom stereocenters. The molecule has 0 aromatic heterocycles. The van der Waals surface area contributed by atoms with Crippen molar-refractivity contribution in [3.05, 3.63) is 70.3 Å². The molecule has 0 radical (unpaired) electrons. The zero-order valence-corrected chi connectivity index (χ0v) is 25.3. The van der Waals surface area contributed by atoms with E-state index in [4.69, 9.17) is 0 Å². The third kappa shape index (κ3) is 14.6. The van der Waals surface area contributed by atoms with E-state index in [1.807, 2.05) is 27.7 Å². The van der Waals surface area contributed by atoms with Crippen LogP contribution in [0.1, 0.15) is 135 Å². The second-order valence-electron chi connectivity index (χ2n) is 9.60. The van der Waals surface area contributed by atoms with Crippen molar-refractivity contribution in [3.8, 4) is 0 Å². The second-order valence-corrected chi connectivity index (χ2v) is 9.60. The van der Waals surface area contributed by atoms with E-state index < -0.39 is 0 Å². The Morgan fingerprint density at radius 2 is 1.47 bits per heavy atom. The van der Waals surface area contributed by atoms with E-state index in [-0.39, 0.29) is 2.85 Å². The molecule has 1 aromatic rings. The maximum atomic E-state index is 2.40. The van der Waals surface area contributed by atoms with E-state index in [9.17, 15) is 0 Å². The van der Waals surface area contributed by atoms with Gasteiger partial charge in [0.05, 0.1) is 0 Å². The number of aryl methyl sites for hydroxylation is 2. The highest BCUT2D eigenvalue weighted by atomic mass is 14.5. The highest BCUT2D eigenvalue weighted by Gasteiger charge is 2.43. The summed E-state index contributed by atoms with van der Waals surface area (Å²) in [7, 11) is 0. The molecule has 0 N–H and O–H groups in total. The van der Waals surface area contributed by atoms with Gasteiger partial charge in [-0.2, -0.15) is 0 Å². The van der Waals surface area contributed by atoms with Crippen molar-refractivity contribution in [2.24, 2.45) is 11.3 Å². The minimum absolute atomic E-state index is 0. The quantitative estimate of drug-likeness (QED) is 0.234. The summed E-state index contributed by atoms with van der Waals surface area (Å²) in [5.74, 6) is 0.767. The monoisotopic (exact) mass is 473 g/mol. The summed E-state index contributed by atoms with van der Waals surface area (Å²) in [5, 5.41) is 0. The maximum Gasteiger partial charge on any atom is 0 e. The first kappa shape index (κ1) is 34.6. The van der Waals surface area contributed by atoms with Gasteiger partial charge in [-0.05, 0) is 73.1 Å². The minimum Gasteiger partial charge on any atom is -0.0841 e. The lowest BCUT2D eigenvalue weighted by Gasteiger charge is -2.10. The van der Waals surface area contributed by atoms with Gasteiger partial charge in [0.1, 0.15) is 0 Å². The highest BCUT2D eigenvalue weighted by molar-refractivity contribution is 5.38. The van der Waals surface area contributed by atoms with Gasteiger partial charge in [0, 0.05) is 2.85 Å². The normalized spacial score (nSPS) is 16.5. The van der Waals surface area contributed by atoms with Gasteiger partial charge >= 0.3 is 0 Å². The van der Waals surface area contributed by atoms with E-state index in [0.717, 1.165) is 25.2 Å². The van der Waals surface area contributed by atoms with Crippen LogP contribution < -0.4 is 0 Å². The van der Waals surface area contributed by atoms with Gasteiger partial charge in [0.25, 0.3) is 0 Å². The molecule has 34 heavy (non-hydrogen) atoms. The Bertz CT molecular complexity index is 719. The third-order valence-corrected chi connectivity index (χ3v) is 6.36. The predicted octanol–water partition coefficient (Wildman–Crippen LogP) is 12.0. The van der Waals surface area contributed by atoms with Crippen LogP contribution >= 0.6 is 0 Å². The van der Waals surface area contributed by atoms with Crippen molar-refractivity contribution in [2.45, 2.75) is 134 Å². The molecule has 1 saturated carbocycles. The van der Waals surface area contributed by atoms with Crippen molar-refractivity contribution >= 4 is 0 Å². The van der Waals surface area contributed by atoms with Gasteiger partial charge in [-0.15, -0.1) is 0 Å². The topological polar surface area (TPSA) is 0 Å². The zero-order chi connectivity index (χ0) is 26.6. The summed E-state index contributed by atoms with van der Waals surface area (Å²) in [6.07, 6.45) is 19.4. The van der Waals surface area contributed by atoms with Gasteiger partial charge < -0.3 is 0 Å². The minimum atomic E-state index is 0. The van der Waals surface area contributed by atoms with E-state index in [0.29, 0.717) is 5.41 Å². The van der Waals surface area contributed by atoms with Crippen molar-refractivity contribution in [3.63, 3.8) is 0 Å². The maximum absolute atomic E-state index is 2.40. The van der Waals surface area contributed by atoms with Gasteiger partial charge in [-0.1, -0.05) is 143 Å². The molecule has 0 amide bonds. The van der Waals surface area contributed by atoms with Crippen LogP contribution in [0.3, 0.4) is 0 Å². The third-order valence-electron chi connectivity index (χ3n) is 6.36. The molecule has 1 aromatic carbocycles. The molecule has 0 nitrogen and oxygen atoms in total. The molecular weight excluding hydrogens is 408 g/mol. The molecule has 0 bridgehead atoms. The van der Waals surface area contributed by atoms with Crippen LogP contribution in [0.5, 0.6) is 0 Å². The Kier molecular flexibility index (Phi) is 21.2. The summed E-state index contributed by atoms with van der Waals surface area (Å²) in [4.78, 5) is 0. The molecule has 2 rings (SSSR count). The molecule has 0 heterocycles. The summed E-state index contributed by atoms with van der Waals surface area (Å²) in [6.45, 7) is 26.0. The van der Waals surface area contributed by atoms with E-state index in [1.165, 1.54) is 59.9 Å².